The minimum atomic E-state index is -0.330. The molecule has 1 heterocycles. The zero-order chi connectivity index (χ0) is 13.0. The van der Waals surface area contributed by atoms with Crippen LogP contribution in [0.5, 0.6) is 0 Å². The molecule has 18 heavy (non-hydrogen) atoms. The molecule has 0 bridgehead atoms. The van der Waals surface area contributed by atoms with E-state index in [1.54, 1.807) is 36.5 Å². The van der Waals surface area contributed by atoms with Gasteiger partial charge in [0, 0.05) is 11.9 Å². The smallest absolute Gasteiger partial charge is 0.255 e. The van der Waals surface area contributed by atoms with Crippen LogP contribution in [0.15, 0.2) is 36.5 Å². The van der Waals surface area contributed by atoms with Gasteiger partial charge in [0.2, 0.25) is 0 Å². The van der Waals surface area contributed by atoms with Crippen LogP contribution in [-0.4, -0.2) is 16.1 Å². The maximum atomic E-state index is 11.9. The molecule has 1 aromatic carbocycles. The molecule has 0 saturated carbocycles. The lowest BCUT2D eigenvalue weighted by Gasteiger charge is -2.08. The average molecular weight is 263 g/mol. The third-order valence-electron chi connectivity index (χ3n) is 2.33. The van der Waals surface area contributed by atoms with Crippen LogP contribution in [0.2, 0.25) is 5.02 Å². The maximum absolute atomic E-state index is 11.9. The number of carbonyl (C=O) groups excluding carboxylic acids is 1. The predicted molar refractivity (Wildman–Crippen MR) is 69.1 cm³/mol. The molecule has 0 atom stereocenters. The Hall–Kier alpha value is -2.14. The number of carbonyl (C=O) groups is 1. The number of nitrogens with one attached hydrogen (secondary N) is 1. The summed E-state index contributed by atoms with van der Waals surface area (Å²) in [4.78, 5) is 11.9. The number of hydrogen-bond donors (Lipinski definition) is 2. The standard InChI is InChI=1S/C12H11ClN4O/c13-9-4-1-5-10(14)11(9)12(18)15-7-8-3-2-6-16-17-8/h1-6H,7,14H2,(H,15,18). The number of nitrogens with two attached hydrogens (primary N) is 1. The van der Waals surface area contributed by atoms with Gasteiger partial charge in [0.1, 0.15) is 0 Å². The molecule has 0 aliphatic rings. The molecule has 6 heteroatoms. The van der Waals surface area contributed by atoms with E-state index in [0.29, 0.717) is 16.4 Å². The fourth-order valence-corrected chi connectivity index (χ4v) is 1.73. The molecular formula is C12H11ClN4O. The van der Waals surface area contributed by atoms with Gasteiger partial charge < -0.3 is 11.1 Å². The highest BCUT2D eigenvalue weighted by atomic mass is 35.5. The molecule has 0 spiro atoms. The molecule has 5 nitrogen and oxygen atoms in total. The highest BCUT2D eigenvalue weighted by molar-refractivity contribution is 6.34. The topological polar surface area (TPSA) is 80.9 Å². The Kier molecular flexibility index (Phi) is 3.74. The Balaban J connectivity index is 2.09. The second kappa shape index (κ2) is 5.46. The van der Waals surface area contributed by atoms with Crippen molar-refractivity contribution in [1.82, 2.24) is 15.5 Å². The first-order valence-corrected chi connectivity index (χ1v) is 5.65. The summed E-state index contributed by atoms with van der Waals surface area (Å²) >= 11 is 5.94. The minimum Gasteiger partial charge on any atom is -0.398 e. The van der Waals surface area contributed by atoms with Crippen LogP contribution < -0.4 is 11.1 Å². The van der Waals surface area contributed by atoms with Gasteiger partial charge in [0.15, 0.2) is 0 Å². The van der Waals surface area contributed by atoms with Gasteiger partial charge in [-0.15, -0.1) is 0 Å². The molecule has 3 N–H and O–H groups in total. The summed E-state index contributed by atoms with van der Waals surface area (Å²) in [7, 11) is 0. The van der Waals surface area contributed by atoms with Crippen molar-refractivity contribution >= 4 is 23.2 Å². The van der Waals surface area contributed by atoms with Gasteiger partial charge >= 0.3 is 0 Å². The fraction of sp³-hybridized carbons (Fsp3) is 0.0833. The van der Waals surface area contributed by atoms with Crippen molar-refractivity contribution in [2.75, 3.05) is 5.73 Å². The Bertz CT molecular complexity index is 539. The Morgan fingerprint density at radius 1 is 1.33 bits per heavy atom. The average Bonchev–Trinajstić information content (AvgIpc) is 2.37. The molecule has 1 aromatic heterocycles. The lowest BCUT2D eigenvalue weighted by molar-refractivity contribution is 0.0951. The van der Waals surface area contributed by atoms with E-state index < -0.39 is 0 Å². The van der Waals surface area contributed by atoms with E-state index in [1.165, 1.54) is 0 Å². The fourth-order valence-electron chi connectivity index (χ4n) is 1.47. The number of benzene rings is 1. The van der Waals surface area contributed by atoms with E-state index in [1.807, 2.05) is 0 Å². The Morgan fingerprint density at radius 3 is 2.83 bits per heavy atom. The summed E-state index contributed by atoms with van der Waals surface area (Å²) < 4.78 is 0. The number of nitrogen functional groups attached to an aromatic ring is 1. The van der Waals surface area contributed by atoms with Crippen molar-refractivity contribution in [3.8, 4) is 0 Å². The Morgan fingerprint density at radius 2 is 2.17 bits per heavy atom. The quantitative estimate of drug-likeness (QED) is 0.824. The van der Waals surface area contributed by atoms with Gasteiger partial charge in [-0.05, 0) is 24.3 Å². The van der Waals surface area contributed by atoms with E-state index in [9.17, 15) is 4.79 Å². The van der Waals surface area contributed by atoms with Gasteiger partial charge in [0.25, 0.3) is 5.91 Å². The van der Waals surface area contributed by atoms with Crippen molar-refractivity contribution in [3.05, 3.63) is 52.8 Å². The third-order valence-corrected chi connectivity index (χ3v) is 2.65. The number of hydrogen-bond acceptors (Lipinski definition) is 4. The highest BCUT2D eigenvalue weighted by Crippen LogP contribution is 2.21. The summed E-state index contributed by atoms with van der Waals surface area (Å²) in [6.07, 6.45) is 1.57. The van der Waals surface area contributed by atoms with Crippen molar-refractivity contribution in [2.45, 2.75) is 6.54 Å². The number of aromatic nitrogens is 2. The molecule has 0 saturated heterocycles. The Labute approximate surface area is 109 Å². The van der Waals surface area contributed by atoms with Crippen LogP contribution in [0.1, 0.15) is 16.1 Å². The third kappa shape index (κ3) is 2.75. The summed E-state index contributed by atoms with van der Waals surface area (Å²) in [5, 5.41) is 10.6. The molecular weight excluding hydrogens is 252 g/mol. The van der Waals surface area contributed by atoms with Crippen molar-refractivity contribution in [1.29, 1.82) is 0 Å². The van der Waals surface area contributed by atoms with Crippen LogP contribution in [0.25, 0.3) is 0 Å². The summed E-state index contributed by atoms with van der Waals surface area (Å²) in [6, 6.07) is 8.46. The zero-order valence-electron chi connectivity index (χ0n) is 9.43. The van der Waals surface area contributed by atoms with Crippen molar-refractivity contribution < 1.29 is 4.79 Å². The molecule has 0 aliphatic carbocycles. The van der Waals surface area contributed by atoms with Gasteiger partial charge in [-0.2, -0.15) is 10.2 Å². The lowest BCUT2D eigenvalue weighted by atomic mass is 10.1. The van der Waals surface area contributed by atoms with Crippen LogP contribution in [0.4, 0.5) is 5.69 Å². The van der Waals surface area contributed by atoms with Gasteiger partial charge in [-0.25, -0.2) is 0 Å². The van der Waals surface area contributed by atoms with E-state index in [0.717, 1.165) is 0 Å². The first kappa shape index (κ1) is 12.3. The molecule has 2 rings (SSSR count). The molecule has 0 unspecified atom stereocenters. The SMILES string of the molecule is Nc1cccc(Cl)c1C(=O)NCc1cccnn1. The number of anilines is 1. The maximum Gasteiger partial charge on any atom is 0.255 e. The van der Waals surface area contributed by atoms with Gasteiger partial charge in [-0.1, -0.05) is 17.7 Å². The van der Waals surface area contributed by atoms with E-state index in [4.69, 9.17) is 17.3 Å². The first-order valence-electron chi connectivity index (χ1n) is 5.27. The summed E-state index contributed by atoms with van der Waals surface area (Å²) in [5.74, 6) is -0.330. The molecule has 1 amide bonds. The molecule has 0 fully saturated rings. The highest BCUT2D eigenvalue weighted by Gasteiger charge is 2.13. The van der Waals surface area contributed by atoms with Gasteiger partial charge in [0.05, 0.1) is 22.8 Å². The van der Waals surface area contributed by atoms with Crippen molar-refractivity contribution in [2.24, 2.45) is 0 Å². The minimum absolute atomic E-state index is 0.275. The summed E-state index contributed by atoms with van der Waals surface area (Å²) in [6.45, 7) is 0.275. The van der Waals surface area contributed by atoms with Crippen LogP contribution in [0.3, 0.4) is 0 Å². The molecule has 0 radical (unpaired) electrons. The summed E-state index contributed by atoms with van der Waals surface area (Å²) in [5.41, 5.74) is 7.01. The molecule has 92 valence electrons. The predicted octanol–water partition coefficient (Wildman–Crippen LogP) is 1.64. The monoisotopic (exact) mass is 262 g/mol. The number of halogens is 1. The normalized spacial score (nSPS) is 10.1. The van der Waals surface area contributed by atoms with Gasteiger partial charge in [-0.3, -0.25) is 4.79 Å². The van der Waals surface area contributed by atoms with E-state index >= 15 is 0 Å². The first-order chi connectivity index (χ1) is 8.68. The van der Waals surface area contributed by atoms with E-state index in [-0.39, 0.29) is 18.0 Å². The second-order valence-electron chi connectivity index (χ2n) is 3.60. The number of amides is 1. The molecule has 2 aromatic rings. The lowest BCUT2D eigenvalue weighted by Crippen LogP contribution is -2.24. The zero-order valence-corrected chi connectivity index (χ0v) is 10.2. The van der Waals surface area contributed by atoms with Crippen molar-refractivity contribution in [3.63, 3.8) is 0 Å². The second-order valence-corrected chi connectivity index (χ2v) is 4.01. The van der Waals surface area contributed by atoms with Crippen LogP contribution in [-0.2, 0) is 6.54 Å². The molecule has 0 aliphatic heterocycles. The largest absolute Gasteiger partial charge is 0.398 e. The number of rotatable bonds is 3. The number of nitrogens with zero attached hydrogens (tertiary/aromatic N) is 2. The van der Waals surface area contributed by atoms with Crippen LogP contribution >= 0.6 is 11.6 Å². The van der Waals surface area contributed by atoms with Crippen LogP contribution in [0, 0.1) is 0 Å². The van der Waals surface area contributed by atoms with E-state index in [2.05, 4.69) is 15.5 Å².